The van der Waals surface area contributed by atoms with E-state index in [2.05, 4.69) is 15.2 Å². The lowest BCUT2D eigenvalue weighted by Gasteiger charge is -2.38. The fourth-order valence-electron chi connectivity index (χ4n) is 5.61. The SMILES string of the molecule is C[C@H]1CN([C@@H](C)CO)C(=O)c2cccc(NC(=O)c3ccc(-c4nccs4)cc3)c2O[C@H]1CN(C)Cc1ccc2c(c1)OCO2. The number of benzene rings is 3. The second-order valence-electron chi connectivity index (χ2n) is 11.6. The lowest BCUT2D eigenvalue weighted by atomic mass is 9.98. The van der Waals surface area contributed by atoms with Gasteiger partial charge >= 0.3 is 0 Å². The molecule has 3 heterocycles. The molecule has 0 saturated carbocycles. The molecule has 0 saturated heterocycles. The zero-order chi connectivity index (χ0) is 31.5. The van der Waals surface area contributed by atoms with Gasteiger partial charge in [-0.1, -0.05) is 31.2 Å². The quantitative estimate of drug-likeness (QED) is 0.262. The van der Waals surface area contributed by atoms with Crippen LogP contribution in [0, 0.1) is 5.92 Å². The number of ether oxygens (including phenoxy) is 3. The largest absolute Gasteiger partial charge is 0.486 e. The van der Waals surface area contributed by atoms with E-state index in [-0.39, 0.29) is 37.2 Å². The number of nitrogens with one attached hydrogen (secondary N) is 1. The molecule has 234 valence electrons. The zero-order valence-corrected chi connectivity index (χ0v) is 26.3. The van der Waals surface area contributed by atoms with Crippen molar-refractivity contribution >= 4 is 28.8 Å². The van der Waals surface area contributed by atoms with E-state index in [9.17, 15) is 14.7 Å². The highest BCUT2D eigenvalue weighted by molar-refractivity contribution is 7.13. The van der Waals surface area contributed by atoms with E-state index in [1.807, 2.05) is 56.6 Å². The molecule has 0 radical (unpaired) electrons. The zero-order valence-electron chi connectivity index (χ0n) is 25.4. The first-order valence-electron chi connectivity index (χ1n) is 14.9. The summed E-state index contributed by atoms with van der Waals surface area (Å²) in [5, 5.41) is 15.8. The summed E-state index contributed by atoms with van der Waals surface area (Å²) in [6.07, 6.45) is 1.41. The number of fused-ring (bicyclic) bond motifs is 2. The molecule has 10 nitrogen and oxygen atoms in total. The summed E-state index contributed by atoms with van der Waals surface area (Å²) in [7, 11) is 2.02. The molecule has 0 bridgehead atoms. The molecule has 1 aromatic heterocycles. The number of hydrogen-bond donors (Lipinski definition) is 2. The van der Waals surface area contributed by atoms with Crippen LogP contribution in [-0.2, 0) is 6.54 Å². The van der Waals surface area contributed by atoms with Crippen molar-refractivity contribution in [3.05, 3.63) is 88.9 Å². The van der Waals surface area contributed by atoms with Gasteiger partial charge in [-0.15, -0.1) is 11.3 Å². The van der Waals surface area contributed by atoms with Crippen LogP contribution >= 0.6 is 11.3 Å². The van der Waals surface area contributed by atoms with Gasteiger partial charge in [0.1, 0.15) is 11.1 Å². The molecule has 3 aromatic carbocycles. The Morgan fingerprint density at radius 2 is 1.96 bits per heavy atom. The van der Waals surface area contributed by atoms with Gasteiger partial charge in [0.2, 0.25) is 6.79 Å². The molecule has 2 N–H and O–H groups in total. The van der Waals surface area contributed by atoms with E-state index in [1.54, 1.807) is 41.4 Å². The van der Waals surface area contributed by atoms with E-state index < -0.39 is 6.04 Å². The van der Waals surface area contributed by atoms with E-state index in [1.165, 1.54) is 11.3 Å². The van der Waals surface area contributed by atoms with E-state index in [0.29, 0.717) is 42.2 Å². The molecule has 3 atom stereocenters. The maximum absolute atomic E-state index is 13.8. The summed E-state index contributed by atoms with van der Waals surface area (Å²) in [5.74, 6) is 1.13. The first-order chi connectivity index (χ1) is 21.8. The number of aliphatic hydroxyl groups excluding tert-OH is 1. The van der Waals surface area contributed by atoms with Crippen LogP contribution in [0.3, 0.4) is 0 Å². The summed E-state index contributed by atoms with van der Waals surface area (Å²) < 4.78 is 17.7. The van der Waals surface area contributed by atoms with Crippen molar-refractivity contribution in [3.63, 3.8) is 0 Å². The Morgan fingerprint density at radius 1 is 1.16 bits per heavy atom. The molecule has 4 aromatic rings. The van der Waals surface area contributed by atoms with Gasteiger partial charge in [0.05, 0.1) is 23.9 Å². The Hall–Kier alpha value is -4.45. The number of aliphatic hydroxyl groups is 1. The number of para-hydroxylation sites is 1. The molecule has 11 heteroatoms. The molecule has 45 heavy (non-hydrogen) atoms. The monoisotopic (exact) mass is 628 g/mol. The van der Waals surface area contributed by atoms with Crippen LogP contribution in [0.2, 0.25) is 0 Å². The first-order valence-corrected chi connectivity index (χ1v) is 15.8. The fraction of sp³-hybridized carbons (Fsp3) is 0.324. The average molecular weight is 629 g/mol. The Kier molecular flexibility index (Phi) is 9.02. The number of thiazole rings is 1. The molecule has 0 unspecified atom stereocenters. The smallest absolute Gasteiger partial charge is 0.258 e. The Labute approximate surface area is 266 Å². The highest BCUT2D eigenvalue weighted by Gasteiger charge is 2.34. The van der Waals surface area contributed by atoms with Crippen LogP contribution < -0.4 is 19.5 Å². The lowest BCUT2D eigenvalue weighted by molar-refractivity contribution is 0.0343. The minimum atomic E-state index is -0.396. The maximum atomic E-state index is 13.8. The average Bonchev–Trinajstić information content (AvgIpc) is 3.75. The predicted octanol–water partition coefficient (Wildman–Crippen LogP) is 5.14. The van der Waals surface area contributed by atoms with E-state index >= 15 is 0 Å². The van der Waals surface area contributed by atoms with Gasteiger partial charge in [0.25, 0.3) is 11.8 Å². The Morgan fingerprint density at radius 3 is 2.71 bits per heavy atom. The second-order valence-corrected chi connectivity index (χ2v) is 12.5. The van der Waals surface area contributed by atoms with E-state index in [0.717, 1.165) is 27.6 Å². The van der Waals surface area contributed by atoms with Crippen LogP contribution in [0.4, 0.5) is 5.69 Å². The maximum Gasteiger partial charge on any atom is 0.258 e. The summed E-state index contributed by atoms with van der Waals surface area (Å²) in [6.45, 7) is 5.52. The number of nitrogens with zero attached hydrogens (tertiary/aromatic N) is 3. The summed E-state index contributed by atoms with van der Waals surface area (Å²) in [4.78, 5) is 35.5. The third kappa shape index (κ3) is 6.65. The molecule has 2 aliphatic rings. The van der Waals surface area contributed by atoms with Crippen molar-refractivity contribution in [2.75, 3.05) is 38.9 Å². The minimum Gasteiger partial charge on any atom is -0.486 e. The summed E-state index contributed by atoms with van der Waals surface area (Å²) >= 11 is 1.53. The van der Waals surface area contributed by atoms with Crippen molar-refractivity contribution in [2.45, 2.75) is 32.5 Å². The number of hydrogen-bond acceptors (Lipinski definition) is 9. The number of carbonyl (C=O) groups excluding carboxylic acids is 2. The van der Waals surface area contributed by atoms with Gasteiger partial charge in [-0.3, -0.25) is 14.5 Å². The van der Waals surface area contributed by atoms with Crippen LogP contribution in [-0.4, -0.2) is 77.4 Å². The standard InChI is InChI=1S/C34H36N4O6S/c1-21-16-38(22(2)19-39)34(41)26-5-4-6-27(36-32(40)24-8-10-25(11-9-24)33-35-13-14-45-33)31(26)44-30(21)18-37(3)17-23-7-12-28-29(15-23)43-20-42-28/h4-15,21-22,30,39H,16-20H2,1-3H3,(H,36,40)/t21-,22-,30-/m0/s1. The fourth-order valence-corrected chi connectivity index (χ4v) is 6.25. The normalized spacial score (nSPS) is 18.2. The molecule has 6 rings (SSSR count). The van der Waals surface area contributed by atoms with Crippen LogP contribution in [0.25, 0.3) is 10.6 Å². The third-order valence-corrected chi connectivity index (χ3v) is 8.97. The molecule has 0 fully saturated rings. The number of rotatable bonds is 9. The van der Waals surface area contributed by atoms with Crippen molar-refractivity contribution in [1.29, 1.82) is 0 Å². The highest BCUT2D eigenvalue weighted by atomic mass is 32.1. The number of carbonyl (C=O) groups is 2. The number of likely N-dealkylation sites (N-methyl/N-ethyl adjacent to an activating group) is 1. The molecular weight excluding hydrogens is 592 g/mol. The van der Waals surface area contributed by atoms with Crippen molar-refractivity contribution < 1.29 is 28.9 Å². The van der Waals surface area contributed by atoms with Gasteiger partial charge in [0, 0.05) is 48.3 Å². The topological polar surface area (TPSA) is 113 Å². The minimum absolute atomic E-state index is 0.0857. The Bertz CT molecular complexity index is 1660. The van der Waals surface area contributed by atoms with Crippen molar-refractivity contribution in [1.82, 2.24) is 14.8 Å². The first kappa shape index (κ1) is 30.6. The van der Waals surface area contributed by atoms with Gasteiger partial charge < -0.3 is 29.5 Å². The van der Waals surface area contributed by atoms with Gasteiger partial charge in [-0.2, -0.15) is 0 Å². The van der Waals surface area contributed by atoms with Gasteiger partial charge in [-0.25, -0.2) is 4.98 Å². The number of amides is 2. The number of aromatic nitrogens is 1. The third-order valence-electron chi connectivity index (χ3n) is 8.15. The Balaban J connectivity index is 1.26. The second kappa shape index (κ2) is 13.3. The molecule has 0 spiro atoms. The summed E-state index contributed by atoms with van der Waals surface area (Å²) in [5.41, 5.74) is 3.21. The number of anilines is 1. The molecule has 0 aliphatic carbocycles. The highest BCUT2D eigenvalue weighted by Crippen LogP contribution is 2.36. The predicted molar refractivity (Wildman–Crippen MR) is 172 cm³/mol. The van der Waals surface area contributed by atoms with Gasteiger partial charge in [0.15, 0.2) is 17.2 Å². The molecule has 2 aliphatic heterocycles. The van der Waals surface area contributed by atoms with Crippen LogP contribution in [0.15, 0.2) is 72.2 Å². The van der Waals surface area contributed by atoms with Gasteiger partial charge in [-0.05, 0) is 55.9 Å². The molecule has 2 amide bonds. The van der Waals surface area contributed by atoms with Crippen LogP contribution in [0.1, 0.15) is 40.1 Å². The van der Waals surface area contributed by atoms with Crippen molar-refractivity contribution in [2.24, 2.45) is 5.92 Å². The van der Waals surface area contributed by atoms with E-state index in [4.69, 9.17) is 14.2 Å². The van der Waals surface area contributed by atoms with Crippen molar-refractivity contribution in [3.8, 4) is 27.8 Å². The molecular formula is C34H36N4O6S. The van der Waals surface area contributed by atoms with Crippen LogP contribution in [0.5, 0.6) is 17.2 Å². The summed E-state index contributed by atoms with van der Waals surface area (Å²) in [6, 6.07) is 17.9. The lowest BCUT2D eigenvalue weighted by Crippen LogP contribution is -2.49.